The number of imide groups is 2. The fourth-order valence-corrected chi connectivity index (χ4v) is 2.76. The van der Waals surface area contributed by atoms with Crippen LogP contribution in [0.1, 0.15) is 32.6 Å². The van der Waals surface area contributed by atoms with E-state index in [1.54, 1.807) is 6.92 Å². The van der Waals surface area contributed by atoms with Crippen LogP contribution >= 0.6 is 0 Å². The van der Waals surface area contributed by atoms with E-state index in [-0.39, 0.29) is 18.4 Å². The number of barbiturate groups is 1. The van der Waals surface area contributed by atoms with Crippen molar-refractivity contribution in [2.75, 3.05) is 6.54 Å². The maximum Gasteiger partial charge on any atom is 0.331 e. The summed E-state index contributed by atoms with van der Waals surface area (Å²) in [5, 5.41) is 2.28. The lowest BCUT2D eigenvalue weighted by molar-refractivity contribution is -0.144. The quantitative estimate of drug-likeness (QED) is 0.609. The van der Waals surface area contributed by atoms with Gasteiger partial charge in [-0.1, -0.05) is 25.0 Å². The summed E-state index contributed by atoms with van der Waals surface area (Å²) in [6, 6.07) is -0.623. The fourth-order valence-electron chi connectivity index (χ4n) is 2.76. The van der Waals surface area contributed by atoms with E-state index in [0.717, 1.165) is 36.2 Å². The Labute approximate surface area is 106 Å². The van der Waals surface area contributed by atoms with Crippen molar-refractivity contribution in [2.45, 2.75) is 32.6 Å². The molecule has 1 saturated heterocycles. The van der Waals surface area contributed by atoms with Crippen LogP contribution in [0.4, 0.5) is 4.79 Å². The molecule has 1 N–H and O–H groups in total. The SMILES string of the molecule is C=C(C)CN1C(=O)NC(=O)C(C2CCCC2)C1=O. The molecule has 0 aromatic heterocycles. The van der Waals surface area contributed by atoms with Crippen molar-refractivity contribution < 1.29 is 14.4 Å². The molecule has 1 saturated carbocycles. The molecular formula is C13H18N2O3. The number of carbonyl (C=O) groups excluding carboxylic acids is 3. The van der Waals surface area contributed by atoms with Crippen molar-refractivity contribution in [2.24, 2.45) is 11.8 Å². The first-order valence-electron chi connectivity index (χ1n) is 6.31. The van der Waals surface area contributed by atoms with Crippen molar-refractivity contribution in [3.05, 3.63) is 12.2 Å². The summed E-state index contributed by atoms with van der Waals surface area (Å²) in [6.07, 6.45) is 3.88. The van der Waals surface area contributed by atoms with E-state index in [0.29, 0.717) is 0 Å². The lowest BCUT2D eigenvalue weighted by Gasteiger charge is -2.32. The summed E-state index contributed by atoms with van der Waals surface area (Å²) >= 11 is 0. The number of carbonyl (C=O) groups is 3. The zero-order chi connectivity index (χ0) is 13.3. The maximum atomic E-state index is 12.3. The molecule has 5 heteroatoms. The van der Waals surface area contributed by atoms with Crippen LogP contribution in [0.5, 0.6) is 0 Å². The summed E-state index contributed by atoms with van der Waals surface area (Å²) in [5.41, 5.74) is 0.720. The topological polar surface area (TPSA) is 66.5 Å². The minimum atomic E-state index is -0.690. The molecule has 2 fully saturated rings. The smallest absolute Gasteiger partial charge is 0.277 e. The minimum Gasteiger partial charge on any atom is -0.277 e. The van der Waals surface area contributed by atoms with Gasteiger partial charge in [0.15, 0.2) is 0 Å². The Balaban J connectivity index is 2.19. The highest BCUT2D eigenvalue weighted by atomic mass is 16.2. The molecule has 1 unspecified atom stereocenters. The summed E-state index contributed by atoms with van der Waals surface area (Å²) in [4.78, 5) is 36.9. The van der Waals surface area contributed by atoms with Gasteiger partial charge in [-0.3, -0.25) is 19.8 Å². The van der Waals surface area contributed by atoms with Crippen LogP contribution in [0, 0.1) is 11.8 Å². The molecule has 1 heterocycles. The predicted octanol–water partition coefficient (Wildman–Crippen LogP) is 1.45. The molecule has 0 bridgehead atoms. The number of nitrogens with zero attached hydrogens (tertiary/aromatic N) is 1. The normalized spacial score (nSPS) is 25.5. The van der Waals surface area contributed by atoms with E-state index < -0.39 is 17.9 Å². The van der Waals surface area contributed by atoms with Crippen LogP contribution in [0.3, 0.4) is 0 Å². The molecule has 0 aromatic carbocycles. The van der Waals surface area contributed by atoms with Crippen molar-refractivity contribution in [3.63, 3.8) is 0 Å². The second-order valence-electron chi connectivity index (χ2n) is 5.20. The number of amides is 4. The van der Waals surface area contributed by atoms with Gasteiger partial charge in [-0.05, 0) is 25.7 Å². The van der Waals surface area contributed by atoms with Crippen LogP contribution in [-0.4, -0.2) is 29.3 Å². The summed E-state index contributed by atoms with van der Waals surface area (Å²) < 4.78 is 0. The van der Waals surface area contributed by atoms with E-state index in [1.165, 1.54) is 0 Å². The Morgan fingerprint density at radius 2 is 1.94 bits per heavy atom. The molecule has 0 spiro atoms. The van der Waals surface area contributed by atoms with Gasteiger partial charge in [0.25, 0.3) is 0 Å². The fraction of sp³-hybridized carbons (Fsp3) is 0.615. The molecule has 4 amide bonds. The van der Waals surface area contributed by atoms with Gasteiger partial charge in [0, 0.05) is 0 Å². The van der Waals surface area contributed by atoms with Crippen LogP contribution in [0.15, 0.2) is 12.2 Å². The van der Waals surface area contributed by atoms with Gasteiger partial charge in [0.1, 0.15) is 5.92 Å². The van der Waals surface area contributed by atoms with E-state index in [4.69, 9.17) is 0 Å². The standard InChI is InChI=1S/C13H18N2O3/c1-8(2)7-15-12(17)10(9-5-3-4-6-9)11(16)14-13(15)18/h9-10H,1,3-7H2,2H3,(H,14,16,18). The predicted molar refractivity (Wildman–Crippen MR) is 65.5 cm³/mol. The van der Waals surface area contributed by atoms with Gasteiger partial charge in [-0.25, -0.2) is 4.79 Å². The molecule has 98 valence electrons. The number of nitrogens with one attached hydrogen (secondary N) is 1. The van der Waals surface area contributed by atoms with Gasteiger partial charge in [-0.15, -0.1) is 0 Å². The third-order valence-corrected chi connectivity index (χ3v) is 3.59. The highest BCUT2D eigenvalue weighted by Gasteiger charge is 2.44. The highest BCUT2D eigenvalue weighted by Crippen LogP contribution is 2.33. The molecule has 2 aliphatic rings. The Kier molecular flexibility index (Phi) is 3.50. The molecular weight excluding hydrogens is 232 g/mol. The minimum absolute atomic E-state index is 0.0817. The monoisotopic (exact) mass is 250 g/mol. The summed E-state index contributed by atoms with van der Waals surface area (Å²) in [7, 11) is 0. The Hall–Kier alpha value is -1.65. The van der Waals surface area contributed by atoms with Gasteiger partial charge >= 0.3 is 6.03 Å². The van der Waals surface area contributed by atoms with E-state index >= 15 is 0 Å². The molecule has 2 rings (SSSR count). The van der Waals surface area contributed by atoms with Gasteiger partial charge in [0.2, 0.25) is 11.8 Å². The maximum absolute atomic E-state index is 12.3. The number of hydrogen-bond donors (Lipinski definition) is 1. The van der Waals surface area contributed by atoms with Crippen molar-refractivity contribution in [1.82, 2.24) is 10.2 Å². The second kappa shape index (κ2) is 4.92. The molecule has 1 aliphatic heterocycles. The molecule has 18 heavy (non-hydrogen) atoms. The largest absolute Gasteiger partial charge is 0.331 e. The lowest BCUT2D eigenvalue weighted by Crippen LogP contribution is -2.59. The number of rotatable bonds is 3. The third-order valence-electron chi connectivity index (χ3n) is 3.59. The van der Waals surface area contributed by atoms with Crippen molar-refractivity contribution in [3.8, 4) is 0 Å². The Morgan fingerprint density at radius 3 is 2.50 bits per heavy atom. The van der Waals surface area contributed by atoms with Gasteiger partial charge in [-0.2, -0.15) is 0 Å². The van der Waals surface area contributed by atoms with Gasteiger partial charge < -0.3 is 0 Å². The Morgan fingerprint density at radius 1 is 1.33 bits per heavy atom. The number of hydrogen-bond acceptors (Lipinski definition) is 3. The average Bonchev–Trinajstić information content (AvgIpc) is 2.77. The lowest BCUT2D eigenvalue weighted by atomic mass is 9.87. The molecule has 0 radical (unpaired) electrons. The first-order chi connectivity index (χ1) is 8.50. The molecule has 0 aromatic rings. The van der Waals surface area contributed by atoms with E-state index in [1.807, 2.05) is 0 Å². The highest BCUT2D eigenvalue weighted by molar-refractivity contribution is 6.16. The van der Waals surface area contributed by atoms with Crippen LogP contribution in [0.25, 0.3) is 0 Å². The first-order valence-corrected chi connectivity index (χ1v) is 6.31. The molecule has 1 aliphatic carbocycles. The average molecular weight is 250 g/mol. The third kappa shape index (κ3) is 2.30. The van der Waals surface area contributed by atoms with Crippen molar-refractivity contribution >= 4 is 17.8 Å². The summed E-state index contributed by atoms with van der Waals surface area (Å²) in [5.74, 6) is -1.41. The second-order valence-corrected chi connectivity index (χ2v) is 5.20. The van der Waals surface area contributed by atoms with Crippen molar-refractivity contribution in [1.29, 1.82) is 0 Å². The van der Waals surface area contributed by atoms with Crippen LogP contribution in [-0.2, 0) is 9.59 Å². The van der Waals surface area contributed by atoms with Crippen LogP contribution < -0.4 is 5.32 Å². The first kappa shape index (κ1) is 12.8. The molecule has 5 nitrogen and oxygen atoms in total. The van der Waals surface area contributed by atoms with E-state index in [2.05, 4.69) is 11.9 Å². The van der Waals surface area contributed by atoms with E-state index in [9.17, 15) is 14.4 Å². The Bertz CT molecular complexity index is 410. The zero-order valence-electron chi connectivity index (χ0n) is 10.6. The zero-order valence-corrected chi connectivity index (χ0v) is 10.6. The number of urea groups is 1. The summed E-state index contributed by atoms with van der Waals surface area (Å²) in [6.45, 7) is 5.63. The molecule has 1 atom stereocenters. The van der Waals surface area contributed by atoms with Gasteiger partial charge in [0.05, 0.1) is 6.54 Å². The van der Waals surface area contributed by atoms with Crippen LogP contribution in [0.2, 0.25) is 0 Å².